The van der Waals surface area contributed by atoms with Crippen molar-refractivity contribution < 1.29 is 18.0 Å². The van der Waals surface area contributed by atoms with Gasteiger partial charge in [0, 0.05) is 12.0 Å². The fraction of sp³-hybridized carbons (Fsp3) is 0.214. The highest BCUT2D eigenvalue weighted by Crippen LogP contribution is 2.30. The van der Waals surface area contributed by atoms with Crippen LogP contribution in [-0.4, -0.2) is 5.91 Å². The van der Waals surface area contributed by atoms with Crippen LogP contribution in [0.5, 0.6) is 0 Å². The third-order valence-electron chi connectivity index (χ3n) is 2.43. The van der Waals surface area contributed by atoms with Crippen molar-refractivity contribution in [2.45, 2.75) is 19.0 Å². The van der Waals surface area contributed by atoms with Gasteiger partial charge in [-0.05, 0) is 24.1 Å². The van der Waals surface area contributed by atoms with Crippen LogP contribution in [0.4, 0.5) is 13.2 Å². The van der Waals surface area contributed by atoms with E-state index in [9.17, 15) is 18.0 Å². The Morgan fingerprint density at radius 1 is 1.32 bits per heavy atom. The maximum absolute atomic E-state index is 12.4. The zero-order chi connectivity index (χ0) is 14.5. The average molecular weight is 267 g/mol. The largest absolute Gasteiger partial charge is 0.416 e. The number of amides is 1. The average Bonchev–Trinajstić information content (AvgIpc) is 2.33. The summed E-state index contributed by atoms with van der Waals surface area (Å²) in [4.78, 5) is 11.3. The molecule has 0 atom stereocenters. The molecule has 1 aromatic rings. The van der Waals surface area contributed by atoms with Crippen molar-refractivity contribution in [3.8, 4) is 12.3 Å². The van der Waals surface area contributed by atoms with Gasteiger partial charge in [-0.15, -0.1) is 12.3 Å². The summed E-state index contributed by atoms with van der Waals surface area (Å²) in [5.41, 5.74) is 4.93. The Balaban J connectivity index is 3.03. The number of carbonyl (C=O) groups excluding carboxylic acids is 1. The molecule has 0 aromatic heterocycles. The van der Waals surface area contributed by atoms with Crippen LogP contribution >= 0.6 is 0 Å². The topological polar surface area (TPSA) is 43.1 Å². The van der Waals surface area contributed by atoms with Gasteiger partial charge in [-0.25, -0.2) is 0 Å². The van der Waals surface area contributed by atoms with E-state index < -0.39 is 17.6 Å². The highest BCUT2D eigenvalue weighted by Gasteiger charge is 2.30. The number of alkyl halides is 3. The lowest BCUT2D eigenvalue weighted by molar-refractivity contribution is -0.137. The van der Waals surface area contributed by atoms with E-state index in [2.05, 4.69) is 5.92 Å². The molecular formula is C14H12F3NO. The number of hydrogen-bond donors (Lipinski definition) is 1. The van der Waals surface area contributed by atoms with Crippen molar-refractivity contribution in [2.75, 3.05) is 0 Å². The minimum absolute atomic E-state index is 0.170. The second-order valence-electron chi connectivity index (χ2n) is 3.80. The van der Waals surface area contributed by atoms with Gasteiger partial charge in [0.2, 0.25) is 5.91 Å². The van der Waals surface area contributed by atoms with Crippen molar-refractivity contribution in [2.24, 2.45) is 5.73 Å². The molecule has 0 saturated heterocycles. The van der Waals surface area contributed by atoms with Crippen molar-refractivity contribution in [1.82, 2.24) is 0 Å². The van der Waals surface area contributed by atoms with Crippen LogP contribution in [0.2, 0.25) is 0 Å². The Labute approximate surface area is 109 Å². The van der Waals surface area contributed by atoms with E-state index in [4.69, 9.17) is 12.2 Å². The predicted molar refractivity (Wildman–Crippen MR) is 66.7 cm³/mol. The van der Waals surface area contributed by atoms with E-state index in [1.807, 2.05) is 0 Å². The number of unbranched alkanes of at least 4 members (excludes halogenated alkanes) is 1. The van der Waals surface area contributed by atoms with Gasteiger partial charge in [-0.3, -0.25) is 4.79 Å². The van der Waals surface area contributed by atoms with Crippen LogP contribution in [0.1, 0.15) is 24.0 Å². The first-order valence-electron chi connectivity index (χ1n) is 5.47. The van der Waals surface area contributed by atoms with E-state index in [0.717, 1.165) is 12.1 Å². The van der Waals surface area contributed by atoms with Crippen molar-refractivity contribution in [1.29, 1.82) is 0 Å². The predicted octanol–water partition coefficient (Wildman–Crippen LogP) is 2.99. The lowest BCUT2D eigenvalue weighted by Crippen LogP contribution is -2.13. The highest BCUT2D eigenvalue weighted by molar-refractivity contribution is 6.18. The smallest absolute Gasteiger partial charge is 0.366 e. The molecular weight excluding hydrogens is 255 g/mol. The number of terminal acetylenes is 1. The maximum Gasteiger partial charge on any atom is 0.416 e. The number of rotatable bonds is 4. The summed E-state index contributed by atoms with van der Waals surface area (Å²) in [6.45, 7) is 0. The molecule has 1 aromatic carbocycles. The molecule has 5 heteroatoms. The molecule has 0 fully saturated rings. The van der Waals surface area contributed by atoms with Crippen molar-refractivity contribution >= 4 is 11.5 Å². The Morgan fingerprint density at radius 3 is 2.32 bits per heavy atom. The molecule has 2 nitrogen and oxygen atoms in total. The third kappa shape index (κ3) is 4.18. The van der Waals surface area contributed by atoms with E-state index >= 15 is 0 Å². The third-order valence-corrected chi connectivity index (χ3v) is 2.43. The molecule has 0 unspecified atom stereocenters. The molecule has 0 heterocycles. The number of primary amides is 1. The van der Waals surface area contributed by atoms with Crippen LogP contribution in [-0.2, 0) is 11.0 Å². The first-order chi connectivity index (χ1) is 8.86. The monoisotopic (exact) mass is 267 g/mol. The quantitative estimate of drug-likeness (QED) is 0.508. The fourth-order valence-electron chi connectivity index (χ4n) is 1.50. The number of hydrogen-bond acceptors (Lipinski definition) is 1. The number of allylic oxidation sites excluding steroid dienone is 1. The van der Waals surface area contributed by atoms with Gasteiger partial charge < -0.3 is 5.73 Å². The Morgan fingerprint density at radius 2 is 1.89 bits per heavy atom. The van der Waals surface area contributed by atoms with Crippen LogP contribution in [0.15, 0.2) is 30.3 Å². The molecule has 0 saturated carbocycles. The molecule has 100 valence electrons. The second kappa shape index (κ2) is 6.10. The van der Waals surface area contributed by atoms with Gasteiger partial charge in [0.05, 0.1) is 5.56 Å². The zero-order valence-corrected chi connectivity index (χ0v) is 10.00. The van der Waals surface area contributed by atoms with Crippen LogP contribution in [0, 0.1) is 12.3 Å². The SMILES string of the molecule is C#CCCC=C(C(N)=O)c1ccc(C(F)(F)F)cc1. The first-order valence-corrected chi connectivity index (χ1v) is 5.47. The van der Waals surface area contributed by atoms with Gasteiger partial charge in [0.1, 0.15) is 0 Å². The van der Waals surface area contributed by atoms with Crippen molar-refractivity contribution in [3.05, 3.63) is 41.5 Å². The zero-order valence-electron chi connectivity index (χ0n) is 10.00. The van der Waals surface area contributed by atoms with Crippen LogP contribution < -0.4 is 5.73 Å². The van der Waals surface area contributed by atoms with E-state index in [1.54, 1.807) is 0 Å². The molecule has 0 aliphatic carbocycles. The standard InChI is InChI=1S/C14H12F3NO/c1-2-3-4-5-12(13(18)19)10-6-8-11(9-7-10)14(15,16)17/h1,5-9H,3-4H2,(H2,18,19). The second-order valence-corrected chi connectivity index (χ2v) is 3.80. The molecule has 0 aliphatic rings. The summed E-state index contributed by atoms with van der Waals surface area (Å²) in [5, 5.41) is 0. The number of nitrogens with two attached hydrogens (primary N) is 1. The van der Waals surface area contributed by atoms with Crippen LogP contribution in [0.3, 0.4) is 0 Å². The number of benzene rings is 1. The Hall–Kier alpha value is -2.22. The molecule has 19 heavy (non-hydrogen) atoms. The Kier molecular flexibility index (Phi) is 4.76. The minimum atomic E-state index is -4.40. The van der Waals surface area contributed by atoms with Gasteiger partial charge in [-0.2, -0.15) is 13.2 Å². The molecule has 0 bridgehead atoms. The minimum Gasteiger partial charge on any atom is -0.366 e. The van der Waals surface area contributed by atoms with Crippen molar-refractivity contribution in [3.63, 3.8) is 0 Å². The Bertz CT molecular complexity index is 521. The van der Waals surface area contributed by atoms with Crippen LogP contribution in [0.25, 0.3) is 5.57 Å². The summed E-state index contributed by atoms with van der Waals surface area (Å²) in [7, 11) is 0. The molecule has 1 rings (SSSR count). The molecule has 0 aliphatic heterocycles. The summed E-state index contributed by atoms with van der Waals surface area (Å²) in [6.07, 6.45) is 3.07. The van der Waals surface area contributed by atoms with Gasteiger partial charge in [-0.1, -0.05) is 18.2 Å². The van der Waals surface area contributed by atoms with Gasteiger partial charge in [0.25, 0.3) is 0 Å². The van der Waals surface area contributed by atoms with Gasteiger partial charge in [0.15, 0.2) is 0 Å². The van der Waals surface area contributed by atoms with Gasteiger partial charge >= 0.3 is 6.18 Å². The van der Waals surface area contributed by atoms with E-state index in [1.165, 1.54) is 18.2 Å². The highest BCUT2D eigenvalue weighted by atomic mass is 19.4. The number of carbonyl (C=O) groups is 1. The lowest BCUT2D eigenvalue weighted by atomic mass is 10.0. The maximum atomic E-state index is 12.4. The normalized spacial score (nSPS) is 12.0. The van der Waals surface area contributed by atoms with E-state index in [-0.39, 0.29) is 5.57 Å². The lowest BCUT2D eigenvalue weighted by Gasteiger charge is -2.08. The molecule has 0 spiro atoms. The summed E-state index contributed by atoms with van der Waals surface area (Å²) in [5.74, 6) is 1.70. The molecule has 2 N–H and O–H groups in total. The summed E-state index contributed by atoms with van der Waals surface area (Å²) >= 11 is 0. The van der Waals surface area contributed by atoms with E-state index in [0.29, 0.717) is 18.4 Å². The fourth-order valence-corrected chi connectivity index (χ4v) is 1.50. The molecule has 0 radical (unpaired) electrons. The number of halogens is 3. The first kappa shape index (κ1) is 14.8. The molecule has 1 amide bonds. The summed E-state index contributed by atoms with van der Waals surface area (Å²) < 4.78 is 37.2. The summed E-state index contributed by atoms with van der Waals surface area (Å²) in [6, 6.07) is 4.26.